The number of nitrogens with one attached hydrogen (secondary N) is 1. The molecule has 1 N–H and O–H groups in total. The molecule has 0 aromatic heterocycles. The van der Waals surface area contributed by atoms with E-state index in [0.29, 0.717) is 0 Å². The van der Waals surface area contributed by atoms with E-state index >= 15 is 0 Å². The number of hydrogen-bond acceptors (Lipinski definition) is 2. The van der Waals surface area contributed by atoms with Crippen LogP contribution in [0.1, 0.15) is 0 Å². The van der Waals surface area contributed by atoms with Crippen molar-refractivity contribution in [3.8, 4) is 0 Å². The van der Waals surface area contributed by atoms with E-state index < -0.39 is 6.09 Å². The second-order valence-electron chi connectivity index (χ2n) is 0.982. The second-order valence-corrected chi connectivity index (χ2v) is 1.52. The summed E-state index contributed by atoms with van der Waals surface area (Å²) in [7, 11) is 0. The first-order chi connectivity index (χ1) is 3.81. The molecule has 0 heterocycles. The fourth-order valence-electron chi connectivity index (χ4n) is 0.162. The Morgan fingerprint density at radius 2 is 2.62 bits per heavy atom. The summed E-state index contributed by atoms with van der Waals surface area (Å²) >= 11 is 1.69. The fourth-order valence-corrected chi connectivity index (χ4v) is 0.318. The Morgan fingerprint density at radius 3 is 3.00 bits per heavy atom. The molecule has 0 aliphatic carbocycles. The molecule has 0 atom stereocenters. The predicted octanol–water partition coefficient (Wildman–Crippen LogP) is 1.25. The molecule has 0 aromatic carbocycles. The zero-order chi connectivity index (χ0) is 6.41. The van der Waals surface area contributed by atoms with Crippen molar-refractivity contribution < 1.29 is 9.53 Å². The normalized spacial score (nSPS) is 7.62. The molecule has 0 aromatic rings. The number of hydrogen-bond donors (Lipinski definition) is 1. The number of carbonyl (C=O) groups is 1. The van der Waals surface area contributed by atoms with Crippen LogP contribution in [0.5, 0.6) is 0 Å². The van der Waals surface area contributed by atoms with E-state index in [9.17, 15) is 4.79 Å². The minimum Gasteiger partial charge on any atom is -0.445 e. The highest BCUT2D eigenvalue weighted by Crippen LogP contribution is 1.79. The lowest BCUT2D eigenvalue weighted by Gasteiger charge is -1.95. The maximum absolute atomic E-state index is 10.2. The fraction of sp³-hybridized carbons (Fsp3) is 0.250. The van der Waals surface area contributed by atoms with E-state index in [-0.39, 0.29) is 6.61 Å². The Morgan fingerprint density at radius 1 is 2.00 bits per heavy atom. The van der Waals surface area contributed by atoms with Crippen LogP contribution in [-0.4, -0.2) is 12.7 Å². The number of rotatable bonds is 2. The van der Waals surface area contributed by atoms with Crippen LogP contribution in [0.4, 0.5) is 4.79 Å². The van der Waals surface area contributed by atoms with Gasteiger partial charge in [0.15, 0.2) is 0 Å². The lowest BCUT2D eigenvalue weighted by molar-refractivity contribution is 0.167. The van der Waals surface area contributed by atoms with Gasteiger partial charge in [0.1, 0.15) is 6.61 Å². The van der Waals surface area contributed by atoms with Gasteiger partial charge in [0.25, 0.3) is 0 Å². The third kappa shape index (κ3) is 3.91. The van der Waals surface area contributed by atoms with Gasteiger partial charge >= 0.3 is 6.09 Å². The quantitative estimate of drug-likeness (QED) is 0.438. The third-order valence-electron chi connectivity index (χ3n) is 0.409. The van der Waals surface area contributed by atoms with Crippen molar-refractivity contribution in [1.82, 2.24) is 3.53 Å². The molecular formula is C4H6INO2. The van der Waals surface area contributed by atoms with Gasteiger partial charge in [0, 0.05) is 0 Å². The van der Waals surface area contributed by atoms with Gasteiger partial charge in [-0.25, -0.2) is 4.79 Å². The summed E-state index contributed by atoms with van der Waals surface area (Å²) in [5.74, 6) is 0. The zero-order valence-electron chi connectivity index (χ0n) is 4.19. The highest BCUT2D eigenvalue weighted by Gasteiger charge is 1.92. The summed E-state index contributed by atoms with van der Waals surface area (Å²) in [4.78, 5) is 10.2. The Labute approximate surface area is 61.6 Å². The van der Waals surface area contributed by atoms with Gasteiger partial charge in [-0.15, -0.1) is 0 Å². The molecule has 0 saturated carbocycles. The van der Waals surface area contributed by atoms with Crippen molar-refractivity contribution >= 4 is 29.0 Å². The molecule has 1 amide bonds. The third-order valence-corrected chi connectivity index (χ3v) is 0.850. The molecule has 0 radical (unpaired) electrons. The molecule has 0 rings (SSSR count). The van der Waals surface area contributed by atoms with Crippen LogP contribution >= 0.6 is 22.9 Å². The minimum absolute atomic E-state index is 0.259. The Bertz CT molecular complexity index is 94.0. The highest BCUT2D eigenvalue weighted by atomic mass is 127. The standard InChI is InChI=1S/C4H6INO2/c1-2-3-8-4(7)6-5/h2H,1,3H2,(H,6,7). The van der Waals surface area contributed by atoms with Crippen LogP contribution in [0.15, 0.2) is 12.7 Å². The summed E-state index contributed by atoms with van der Waals surface area (Å²) in [6.45, 7) is 3.62. The molecule has 0 aliphatic heterocycles. The van der Waals surface area contributed by atoms with Crippen LogP contribution in [-0.2, 0) is 4.74 Å². The Kier molecular flexibility index (Phi) is 4.73. The van der Waals surface area contributed by atoms with Gasteiger partial charge in [-0.2, -0.15) is 0 Å². The van der Waals surface area contributed by atoms with Gasteiger partial charge < -0.3 is 4.74 Å². The number of halogens is 1. The smallest absolute Gasteiger partial charge is 0.416 e. The van der Waals surface area contributed by atoms with E-state index in [1.54, 1.807) is 22.9 Å². The lowest BCUT2D eigenvalue weighted by atomic mass is 10.7. The van der Waals surface area contributed by atoms with Crippen molar-refractivity contribution in [3.63, 3.8) is 0 Å². The molecule has 0 saturated heterocycles. The Hall–Kier alpha value is -0.260. The molecule has 0 bridgehead atoms. The first-order valence-corrected chi connectivity index (χ1v) is 3.03. The van der Waals surface area contributed by atoms with Crippen LogP contribution in [0, 0.1) is 0 Å². The van der Waals surface area contributed by atoms with Crippen LogP contribution in [0.3, 0.4) is 0 Å². The van der Waals surface area contributed by atoms with Gasteiger partial charge in [-0.3, -0.25) is 3.53 Å². The molecular weight excluding hydrogens is 221 g/mol. The monoisotopic (exact) mass is 227 g/mol. The lowest BCUT2D eigenvalue weighted by Crippen LogP contribution is -2.13. The SMILES string of the molecule is C=CCOC(=O)NI. The van der Waals surface area contributed by atoms with Crippen molar-refractivity contribution in [3.05, 3.63) is 12.7 Å². The van der Waals surface area contributed by atoms with Crippen LogP contribution in [0.25, 0.3) is 0 Å². The summed E-state index contributed by atoms with van der Waals surface area (Å²) in [6.07, 6.45) is 1.07. The molecule has 46 valence electrons. The molecule has 4 heteroatoms. The average Bonchev–Trinajstić information content (AvgIpc) is 1.83. The summed E-state index contributed by atoms with van der Waals surface area (Å²) in [5, 5.41) is 0. The van der Waals surface area contributed by atoms with Crippen molar-refractivity contribution in [2.45, 2.75) is 0 Å². The number of carbonyl (C=O) groups excluding carboxylic acids is 1. The molecule has 0 aliphatic rings. The zero-order valence-corrected chi connectivity index (χ0v) is 6.34. The van der Waals surface area contributed by atoms with Gasteiger partial charge in [-0.05, 0) is 0 Å². The largest absolute Gasteiger partial charge is 0.445 e. The van der Waals surface area contributed by atoms with Gasteiger partial charge in [0.05, 0.1) is 22.9 Å². The van der Waals surface area contributed by atoms with E-state index in [4.69, 9.17) is 0 Å². The van der Waals surface area contributed by atoms with Crippen LogP contribution in [0.2, 0.25) is 0 Å². The van der Waals surface area contributed by atoms with E-state index in [2.05, 4.69) is 14.8 Å². The van der Waals surface area contributed by atoms with E-state index in [1.165, 1.54) is 6.08 Å². The maximum Gasteiger partial charge on any atom is 0.416 e. The number of ether oxygens (including phenoxy) is 1. The van der Waals surface area contributed by atoms with Gasteiger partial charge in [-0.1, -0.05) is 12.7 Å². The molecule has 3 nitrogen and oxygen atoms in total. The van der Waals surface area contributed by atoms with Crippen molar-refractivity contribution in [2.24, 2.45) is 0 Å². The maximum atomic E-state index is 10.2. The van der Waals surface area contributed by atoms with E-state index in [1.807, 2.05) is 0 Å². The number of amides is 1. The first kappa shape index (κ1) is 7.74. The molecule has 0 fully saturated rings. The Balaban J connectivity index is 3.11. The predicted molar refractivity (Wildman–Crippen MR) is 38.7 cm³/mol. The molecule has 0 spiro atoms. The van der Waals surface area contributed by atoms with Crippen LogP contribution < -0.4 is 3.53 Å². The highest BCUT2D eigenvalue weighted by molar-refractivity contribution is 14.1. The summed E-state index contributed by atoms with van der Waals surface area (Å²) < 4.78 is 6.73. The molecule has 8 heavy (non-hydrogen) atoms. The van der Waals surface area contributed by atoms with Gasteiger partial charge in [0.2, 0.25) is 0 Å². The average molecular weight is 227 g/mol. The van der Waals surface area contributed by atoms with Crippen molar-refractivity contribution in [1.29, 1.82) is 0 Å². The summed E-state index contributed by atoms with van der Waals surface area (Å²) in [5.41, 5.74) is 0. The second kappa shape index (κ2) is 4.89. The minimum atomic E-state index is -0.439. The first-order valence-electron chi connectivity index (χ1n) is 1.95. The molecule has 0 unspecified atom stereocenters. The topological polar surface area (TPSA) is 38.3 Å². The van der Waals surface area contributed by atoms with E-state index in [0.717, 1.165) is 0 Å². The summed E-state index contributed by atoms with van der Waals surface area (Å²) in [6, 6.07) is 0. The van der Waals surface area contributed by atoms with Crippen molar-refractivity contribution in [2.75, 3.05) is 6.61 Å².